The Kier molecular flexibility index (Phi) is 4.05. The van der Waals surface area contributed by atoms with Crippen LogP contribution in [0.4, 0.5) is 16.2 Å². The van der Waals surface area contributed by atoms with Gasteiger partial charge in [-0.25, -0.2) is 4.79 Å². The fraction of sp³-hybridized carbons (Fsp3) is 0.143. The van der Waals surface area contributed by atoms with Gasteiger partial charge in [-0.15, -0.1) is 11.3 Å². The predicted molar refractivity (Wildman–Crippen MR) is 81.4 cm³/mol. The molecule has 104 valence electrons. The maximum absolute atomic E-state index is 12.2. The summed E-state index contributed by atoms with van der Waals surface area (Å²) in [6.07, 6.45) is 0. The van der Waals surface area contributed by atoms with Crippen molar-refractivity contribution in [3.8, 4) is 0 Å². The van der Waals surface area contributed by atoms with Crippen LogP contribution in [0.15, 0.2) is 30.3 Å². The number of rotatable bonds is 3. The van der Waals surface area contributed by atoms with Crippen molar-refractivity contribution >= 4 is 34.6 Å². The number of hydrogen-bond donors (Lipinski definition) is 3. The molecule has 4 N–H and O–H groups in total. The largest absolute Gasteiger partial charge is 0.351 e. The minimum Gasteiger partial charge on any atom is -0.351 e. The molecule has 3 amide bonds. The van der Waals surface area contributed by atoms with E-state index < -0.39 is 6.03 Å². The molecule has 20 heavy (non-hydrogen) atoms. The van der Waals surface area contributed by atoms with Gasteiger partial charge in [-0.3, -0.25) is 4.79 Å². The lowest BCUT2D eigenvalue weighted by Gasteiger charge is -2.07. The molecule has 0 aliphatic heterocycles. The first-order valence-corrected chi connectivity index (χ1v) is 6.82. The lowest BCUT2D eigenvalue weighted by Crippen LogP contribution is -2.19. The number of carbonyl (C=O) groups excluding carboxylic acids is 2. The lowest BCUT2D eigenvalue weighted by molar-refractivity contribution is 0.102. The Labute approximate surface area is 120 Å². The molecule has 5 nitrogen and oxygen atoms in total. The number of amides is 3. The molecular weight excluding hydrogens is 274 g/mol. The molecule has 0 saturated heterocycles. The minimum atomic E-state index is -0.641. The average molecular weight is 289 g/mol. The Morgan fingerprint density at radius 1 is 1.10 bits per heavy atom. The fourth-order valence-corrected chi connectivity index (χ4v) is 2.79. The van der Waals surface area contributed by atoms with E-state index in [9.17, 15) is 9.59 Å². The summed E-state index contributed by atoms with van der Waals surface area (Å²) >= 11 is 1.59. The second kappa shape index (κ2) is 5.75. The van der Waals surface area contributed by atoms with E-state index in [2.05, 4.69) is 10.6 Å². The van der Waals surface area contributed by atoms with Gasteiger partial charge < -0.3 is 16.4 Å². The van der Waals surface area contributed by atoms with Crippen LogP contribution in [0, 0.1) is 13.8 Å². The van der Waals surface area contributed by atoms with Crippen LogP contribution in [0.2, 0.25) is 0 Å². The molecule has 0 spiro atoms. The second-order valence-corrected chi connectivity index (χ2v) is 5.81. The second-order valence-electron chi connectivity index (χ2n) is 4.35. The van der Waals surface area contributed by atoms with E-state index in [1.165, 1.54) is 0 Å². The van der Waals surface area contributed by atoms with Crippen LogP contribution in [0.1, 0.15) is 20.1 Å². The standard InChI is InChI=1S/C14H15N3O2S/c1-8-6-12(9(2)20-8)13(18)16-10-4-3-5-11(7-10)17-14(15)19/h3-7H,1-2H3,(H,16,18)(H3,15,17,19). The molecule has 0 fully saturated rings. The van der Waals surface area contributed by atoms with Gasteiger partial charge in [0, 0.05) is 21.1 Å². The molecule has 2 rings (SSSR count). The van der Waals surface area contributed by atoms with E-state index >= 15 is 0 Å². The molecule has 0 saturated carbocycles. The molecule has 0 bridgehead atoms. The van der Waals surface area contributed by atoms with Gasteiger partial charge in [0.2, 0.25) is 0 Å². The molecule has 1 aromatic carbocycles. The Hall–Kier alpha value is -2.34. The normalized spacial score (nSPS) is 10.1. The van der Waals surface area contributed by atoms with E-state index in [1.807, 2.05) is 19.9 Å². The van der Waals surface area contributed by atoms with E-state index in [-0.39, 0.29) is 5.91 Å². The number of aryl methyl sites for hydroxylation is 2. The van der Waals surface area contributed by atoms with Crippen molar-refractivity contribution in [2.75, 3.05) is 10.6 Å². The van der Waals surface area contributed by atoms with Gasteiger partial charge in [0.05, 0.1) is 5.56 Å². The summed E-state index contributed by atoms with van der Waals surface area (Å²) in [6, 6.07) is 8.04. The number of urea groups is 1. The number of anilines is 2. The monoisotopic (exact) mass is 289 g/mol. The molecule has 1 heterocycles. The predicted octanol–water partition coefficient (Wildman–Crippen LogP) is 3.11. The number of hydrogen-bond acceptors (Lipinski definition) is 3. The number of benzene rings is 1. The molecule has 1 aromatic heterocycles. The first kappa shape index (κ1) is 14.1. The lowest BCUT2D eigenvalue weighted by atomic mass is 10.2. The summed E-state index contributed by atoms with van der Waals surface area (Å²) in [6.45, 7) is 3.88. The van der Waals surface area contributed by atoms with Crippen LogP contribution in [-0.4, -0.2) is 11.9 Å². The van der Waals surface area contributed by atoms with Gasteiger partial charge in [-0.05, 0) is 38.1 Å². The Morgan fingerprint density at radius 2 is 1.75 bits per heavy atom. The van der Waals surface area contributed by atoms with Crippen LogP contribution in [0.25, 0.3) is 0 Å². The van der Waals surface area contributed by atoms with Gasteiger partial charge >= 0.3 is 6.03 Å². The van der Waals surface area contributed by atoms with Crippen molar-refractivity contribution in [2.45, 2.75) is 13.8 Å². The number of carbonyl (C=O) groups is 2. The van der Waals surface area contributed by atoms with Gasteiger partial charge in [-0.2, -0.15) is 0 Å². The molecule has 0 unspecified atom stereocenters. The van der Waals surface area contributed by atoms with Gasteiger partial charge in [0.25, 0.3) is 5.91 Å². The highest BCUT2D eigenvalue weighted by molar-refractivity contribution is 7.12. The van der Waals surface area contributed by atoms with E-state index in [0.29, 0.717) is 16.9 Å². The summed E-state index contributed by atoms with van der Waals surface area (Å²) in [7, 11) is 0. The molecule has 0 aliphatic rings. The first-order valence-electron chi connectivity index (χ1n) is 6.00. The zero-order valence-electron chi connectivity index (χ0n) is 11.2. The van der Waals surface area contributed by atoms with Gasteiger partial charge in [0.1, 0.15) is 0 Å². The summed E-state index contributed by atoms with van der Waals surface area (Å²) in [4.78, 5) is 25.0. The van der Waals surface area contributed by atoms with Crippen LogP contribution >= 0.6 is 11.3 Å². The van der Waals surface area contributed by atoms with Crippen LogP contribution in [0.5, 0.6) is 0 Å². The highest BCUT2D eigenvalue weighted by Crippen LogP contribution is 2.22. The number of primary amides is 1. The smallest absolute Gasteiger partial charge is 0.316 e. The molecule has 0 atom stereocenters. The Balaban J connectivity index is 2.15. The third-order valence-electron chi connectivity index (χ3n) is 2.67. The highest BCUT2D eigenvalue weighted by Gasteiger charge is 2.12. The van der Waals surface area contributed by atoms with Crippen molar-refractivity contribution in [1.29, 1.82) is 0 Å². The van der Waals surface area contributed by atoms with Crippen molar-refractivity contribution in [3.05, 3.63) is 45.6 Å². The van der Waals surface area contributed by atoms with Gasteiger partial charge in [0.15, 0.2) is 0 Å². The van der Waals surface area contributed by atoms with Crippen LogP contribution in [0.3, 0.4) is 0 Å². The third-order valence-corrected chi connectivity index (χ3v) is 3.64. The maximum Gasteiger partial charge on any atom is 0.316 e. The maximum atomic E-state index is 12.2. The Bertz CT molecular complexity index is 664. The number of nitrogens with two attached hydrogens (primary N) is 1. The molecule has 2 aromatic rings. The quantitative estimate of drug-likeness (QED) is 0.811. The van der Waals surface area contributed by atoms with E-state index in [1.54, 1.807) is 35.6 Å². The minimum absolute atomic E-state index is 0.164. The summed E-state index contributed by atoms with van der Waals surface area (Å²) in [5.74, 6) is -0.164. The van der Waals surface area contributed by atoms with E-state index in [0.717, 1.165) is 9.75 Å². The molecule has 6 heteroatoms. The number of thiophene rings is 1. The molecule has 0 radical (unpaired) electrons. The zero-order valence-corrected chi connectivity index (χ0v) is 12.0. The summed E-state index contributed by atoms with van der Waals surface area (Å²) < 4.78 is 0. The van der Waals surface area contributed by atoms with Crippen molar-refractivity contribution in [3.63, 3.8) is 0 Å². The van der Waals surface area contributed by atoms with Crippen LogP contribution < -0.4 is 16.4 Å². The highest BCUT2D eigenvalue weighted by atomic mass is 32.1. The Morgan fingerprint density at radius 3 is 2.30 bits per heavy atom. The van der Waals surface area contributed by atoms with Crippen molar-refractivity contribution in [1.82, 2.24) is 0 Å². The molecular formula is C14H15N3O2S. The fourth-order valence-electron chi connectivity index (χ4n) is 1.87. The number of nitrogens with one attached hydrogen (secondary N) is 2. The van der Waals surface area contributed by atoms with Crippen molar-refractivity contribution in [2.24, 2.45) is 5.73 Å². The first-order chi connectivity index (χ1) is 9.45. The van der Waals surface area contributed by atoms with E-state index in [4.69, 9.17) is 5.73 Å². The average Bonchev–Trinajstić information content (AvgIpc) is 2.68. The zero-order chi connectivity index (χ0) is 14.7. The van der Waals surface area contributed by atoms with Crippen LogP contribution in [-0.2, 0) is 0 Å². The van der Waals surface area contributed by atoms with Gasteiger partial charge in [-0.1, -0.05) is 6.07 Å². The summed E-state index contributed by atoms with van der Waals surface area (Å²) in [5.41, 5.74) is 6.86. The van der Waals surface area contributed by atoms with Crippen molar-refractivity contribution < 1.29 is 9.59 Å². The third kappa shape index (κ3) is 3.36. The molecule has 0 aliphatic carbocycles. The summed E-state index contributed by atoms with van der Waals surface area (Å²) in [5, 5.41) is 5.26. The SMILES string of the molecule is Cc1cc(C(=O)Nc2cccc(NC(N)=O)c2)c(C)s1. The topological polar surface area (TPSA) is 84.2 Å².